The number of hydrogen-bond donors (Lipinski definition) is 4. The predicted octanol–water partition coefficient (Wildman–Crippen LogP) is 6.84. The van der Waals surface area contributed by atoms with Gasteiger partial charge in [0.05, 0.1) is 18.7 Å². The van der Waals surface area contributed by atoms with Crippen LogP contribution in [0.25, 0.3) is 0 Å². The van der Waals surface area contributed by atoms with Crippen molar-refractivity contribution in [3.05, 3.63) is 24.3 Å². The minimum atomic E-state index is -0.661. The second kappa shape index (κ2) is 30.8. The number of nitrogens with zero attached hydrogens (tertiary/aromatic N) is 3. The highest BCUT2D eigenvalue weighted by Gasteiger charge is 2.41. The third-order valence-electron chi connectivity index (χ3n) is 8.57. The number of amides is 5. The fraction of sp³-hybridized carbons (Fsp3) is 0.780. The summed E-state index contributed by atoms with van der Waals surface area (Å²) in [7, 11) is 0. The molecule has 0 bridgehead atoms. The monoisotopic (exact) mass is 748 g/mol. The van der Waals surface area contributed by atoms with E-state index in [0.717, 1.165) is 38.6 Å². The van der Waals surface area contributed by atoms with Gasteiger partial charge in [0.25, 0.3) is 5.91 Å². The zero-order chi connectivity index (χ0) is 40.8. The summed E-state index contributed by atoms with van der Waals surface area (Å²) in [4.78, 5) is 68.6. The van der Waals surface area contributed by atoms with Gasteiger partial charge in [-0.15, -0.1) is 0 Å². The van der Waals surface area contributed by atoms with Crippen LogP contribution >= 0.6 is 0 Å². The fourth-order valence-electron chi connectivity index (χ4n) is 5.33. The van der Waals surface area contributed by atoms with Crippen LogP contribution in [0.1, 0.15) is 164 Å². The van der Waals surface area contributed by atoms with Gasteiger partial charge in [0.15, 0.2) is 0 Å². The number of nitrogens with one attached hydrogen (secondary N) is 4. The van der Waals surface area contributed by atoms with Gasteiger partial charge in [-0.25, -0.2) is 4.98 Å². The zero-order valence-corrected chi connectivity index (χ0v) is 35.5. The maximum absolute atomic E-state index is 13.3. The van der Waals surface area contributed by atoms with Crippen LogP contribution in [0.2, 0.25) is 0 Å². The highest BCUT2D eigenvalue weighted by molar-refractivity contribution is 5.95. The summed E-state index contributed by atoms with van der Waals surface area (Å²) >= 11 is 0. The van der Waals surface area contributed by atoms with E-state index >= 15 is 0 Å². The number of likely N-dealkylation sites (tertiary alicyclic amines) is 1. The Morgan fingerprint density at radius 3 is 2.02 bits per heavy atom. The van der Waals surface area contributed by atoms with Crippen LogP contribution in [0.4, 0.5) is 0 Å². The molecule has 4 N–H and O–H groups in total. The Kier molecular flexibility index (Phi) is 30.0. The summed E-state index contributed by atoms with van der Waals surface area (Å²) in [5.74, 6) is -0.540. The van der Waals surface area contributed by atoms with Crippen molar-refractivity contribution in [2.75, 3.05) is 19.6 Å². The van der Waals surface area contributed by atoms with Crippen LogP contribution < -0.4 is 21.3 Å². The summed E-state index contributed by atoms with van der Waals surface area (Å²) in [5.41, 5.74) is -0.318. The Labute approximate surface area is 322 Å². The third kappa shape index (κ3) is 23.7. The van der Waals surface area contributed by atoms with Crippen molar-refractivity contribution in [3.8, 4) is 0 Å². The van der Waals surface area contributed by atoms with Gasteiger partial charge in [-0.05, 0) is 43.9 Å². The minimum Gasteiger partial charge on any atom is -0.358 e. The van der Waals surface area contributed by atoms with Crippen molar-refractivity contribution in [1.82, 2.24) is 36.1 Å². The molecule has 0 aromatic carbocycles. The average molecular weight is 748 g/mol. The van der Waals surface area contributed by atoms with Crippen LogP contribution in [0.15, 0.2) is 18.6 Å². The topological polar surface area (TPSA) is 162 Å². The van der Waals surface area contributed by atoms with Gasteiger partial charge < -0.3 is 26.2 Å². The molecule has 53 heavy (non-hydrogen) atoms. The van der Waals surface area contributed by atoms with E-state index in [4.69, 9.17) is 0 Å². The van der Waals surface area contributed by atoms with Crippen LogP contribution in [0.5, 0.6) is 0 Å². The van der Waals surface area contributed by atoms with Crippen molar-refractivity contribution < 1.29 is 24.0 Å². The average Bonchev–Trinajstić information content (AvgIpc) is 3.89. The molecule has 2 fully saturated rings. The molecule has 1 saturated heterocycles. The number of aromatic nitrogens is 2. The second-order valence-electron chi connectivity index (χ2n) is 14.7. The molecule has 1 saturated carbocycles. The highest BCUT2D eigenvalue weighted by atomic mass is 16.2. The molecular weight excluding hydrogens is 670 g/mol. The molecule has 1 unspecified atom stereocenters. The van der Waals surface area contributed by atoms with Crippen molar-refractivity contribution in [3.63, 3.8) is 0 Å². The largest absolute Gasteiger partial charge is 0.358 e. The van der Waals surface area contributed by atoms with E-state index in [1.807, 2.05) is 39.5 Å². The molecular formula is C41H77N7O5. The Morgan fingerprint density at radius 1 is 0.943 bits per heavy atom. The van der Waals surface area contributed by atoms with E-state index in [9.17, 15) is 24.0 Å². The molecule has 3 rings (SSSR count). The summed E-state index contributed by atoms with van der Waals surface area (Å²) < 4.78 is 0. The van der Waals surface area contributed by atoms with Crippen molar-refractivity contribution in [1.29, 1.82) is 0 Å². The lowest BCUT2D eigenvalue weighted by Gasteiger charge is -2.35. The van der Waals surface area contributed by atoms with Crippen LogP contribution in [-0.4, -0.2) is 82.7 Å². The van der Waals surface area contributed by atoms with E-state index in [2.05, 4.69) is 72.8 Å². The van der Waals surface area contributed by atoms with E-state index < -0.39 is 23.3 Å². The van der Waals surface area contributed by atoms with Gasteiger partial charge in [0.1, 0.15) is 11.7 Å². The molecule has 306 valence electrons. The predicted molar refractivity (Wildman–Crippen MR) is 216 cm³/mol. The van der Waals surface area contributed by atoms with Crippen molar-refractivity contribution in [2.24, 2.45) is 17.3 Å². The first-order valence-corrected chi connectivity index (χ1v) is 20.3. The normalized spacial score (nSPS) is 16.9. The maximum Gasteiger partial charge on any atom is 0.271 e. The van der Waals surface area contributed by atoms with Crippen LogP contribution in [0, 0.1) is 17.3 Å². The minimum absolute atomic E-state index is 0.0341. The maximum atomic E-state index is 13.3. The molecule has 1 aromatic rings. The van der Waals surface area contributed by atoms with E-state index in [0.29, 0.717) is 24.9 Å². The first-order valence-electron chi connectivity index (χ1n) is 20.3. The molecule has 4 atom stereocenters. The molecule has 2 aliphatic rings. The third-order valence-corrected chi connectivity index (χ3v) is 8.57. The Morgan fingerprint density at radius 2 is 1.55 bits per heavy atom. The van der Waals surface area contributed by atoms with E-state index in [1.165, 1.54) is 57.1 Å². The number of rotatable bonds is 16. The van der Waals surface area contributed by atoms with E-state index in [-0.39, 0.29) is 36.0 Å². The van der Waals surface area contributed by atoms with Crippen LogP contribution in [-0.2, 0) is 19.2 Å². The first kappa shape index (κ1) is 51.5. The standard InChI is InChI=1S/C21H33N5O3.C8H14N2O2.C7H16.C3H8.C2H6/c1-6-7-15-8-11-26(14(15)2)20(29)18(21(3,4)5)25-17(27)13-24-19(28)16-12-22-9-10-23-16;1-6(4-9-5-11)8(12)10-7-2-3-7;1-3-5-7-6-4-2;1-3-2;1-2/h9-10,12,14-15,18H,6-8,11,13H2,1-5H3,(H,24,28)(H,25,27);5-7H,2-4H2,1H3,(H,9,11)(H,10,12);3-7H2,1-2H3;3H2,1-2H3;1-2H3/t14-,15+,18-;;;;/m1..../s1. The highest BCUT2D eigenvalue weighted by Crippen LogP contribution is 2.31. The summed E-state index contributed by atoms with van der Waals surface area (Å²) in [6, 6.07) is -0.0945. The van der Waals surface area contributed by atoms with E-state index in [1.54, 1.807) is 6.92 Å². The van der Waals surface area contributed by atoms with Gasteiger partial charge in [-0.1, -0.05) is 121 Å². The van der Waals surface area contributed by atoms with Gasteiger partial charge in [0.2, 0.25) is 24.1 Å². The Hall–Kier alpha value is -3.57. The Balaban J connectivity index is 0. The van der Waals surface area contributed by atoms with Crippen molar-refractivity contribution >= 4 is 30.0 Å². The SMILES string of the molecule is CC.CC(CNC=O)C(=O)NC1CC1.CCC.CCCCCCC.CCC[C@H]1CCN(C(=O)[C@@H](NC(=O)CNC(=O)c2cnccn2)C(C)(C)C)[C@@H]1C. The smallest absolute Gasteiger partial charge is 0.271 e. The number of unbranched alkanes of at least 4 members (excludes halogenated alkanes) is 4. The van der Waals surface area contributed by atoms with Crippen molar-refractivity contribution in [2.45, 2.75) is 172 Å². The lowest BCUT2D eigenvalue weighted by molar-refractivity contribution is -0.140. The molecule has 12 nitrogen and oxygen atoms in total. The van der Waals surface area contributed by atoms with Gasteiger partial charge in [-0.3, -0.25) is 29.0 Å². The summed E-state index contributed by atoms with van der Waals surface area (Å²) in [6.45, 7) is 25.5. The van der Waals surface area contributed by atoms with Gasteiger partial charge in [0, 0.05) is 37.6 Å². The zero-order valence-electron chi connectivity index (χ0n) is 35.5. The van der Waals surface area contributed by atoms with Gasteiger partial charge >= 0.3 is 0 Å². The molecule has 0 spiro atoms. The lowest BCUT2D eigenvalue weighted by atomic mass is 9.85. The van der Waals surface area contributed by atoms with Crippen LogP contribution in [0.3, 0.4) is 0 Å². The quantitative estimate of drug-likeness (QED) is 0.106. The lowest BCUT2D eigenvalue weighted by Crippen LogP contribution is -2.57. The molecule has 1 aliphatic carbocycles. The summed E-state index contributed by atoms with van der Waals surface area (Å²) in [6.07, 6.45) is 18.5. The molecule has 1 aromatic heterocycles. The molecule has 5 amide bonds. The Bertz CT molecular complexity index is 1120. The molecule has 1 aliphatic heterocycles. The number of carbonyl (C=O) groups excluding carboxylic acids is 5. The summed E-state index contributed by atoms with van der Waals surface area (Å²) in [5, 5.41) is 10.7. The molecule has 0 radical (unpaired) electrons. The van der Waals surface area contributed by atoms with Gasteiger partial charge in [-0.2, -0.15) is 0 Å². The molecule has 2 heterocycles. The first-order chi connectivity index (χ1) is 25.2. The fourth-order valence-corrected chi connectivity index (χ4v) is 5.33. The second-order valence-corrected chi connectivity index (χ2v) is 14.7. The number of hydrogen-bond acceptors (Lipinski definition) is 7. The molecule has 12 heteroatoms. The number of carbonyl (C=O) groups is 5.